The number of aromatic nitrogens is 7. The zero-order valence-corrected chi connectivity index (χ0v) is 24.8. The number of alkyl halides is 3. The highest BCUT2D eigenvalue weighted by molar-refractivity contribution is 7.91. The van der Waals surface area contributed by atoms with E-state index >= 15 is 0 Å². The number of anilines is 1. The van der Waals surface area contributed by atoms with E-state index in [4.69, 9.17) is 10.7 Å². The molecule has 5 aromatic rings. The molecular formula is C29H25F4N9O3S. The van der Waals surface area contributed by atoms with Gasteiger partial charge in [-0.25, -0.2) is 17.8 Å². The maximum Gasteiger partial charge on any atom is 0.416 e. The van der Waals surface area contributed by atoms with Gasteiger partial charge in [-0.3, -0.25) is 9.78 Å². The van der Waals surface area contributed by atoms with Gasteiger partial charge < -0.3 is 15.6 Å². The van der Waals surface area contributed by atoms with Crippen LogP contribution in [0, 0.1) is 5.82 Å². The van der Waals surface area contributed by atoms with Crippen LogP contribution >= 0.6 is 0 Å². The van der Waals surface area contributed by atoms with Gasteiger partial charge in [0.1, 0.15) is 22.9 Å². The van der Waals surface area contributed by atoms with Crippen molar-refractivity contribution in [2.24, 2.45) is 0 Å². The number of nitrogens with two attached hydrogens (primary N) is 1. The molecule has 0 saturated carbocycles. The first kappa shape index (κ1) is 29.8. The highest BCUT2D eigenvalue weighted by Gasteiger charge is 2.46. The normalized spacial score (nSPS) is 20.0. The van der Waals surface area contributed by atoms with Gasteiger partial charge in [0, 0.05) is 47.1 Å². The van der Waals surface area contributed by atoms with Crippen molar-refractivity contribution in [3.63, 3.8) is 0 Å². The number of hydrogen-bond donors (Lipinski definition) is 2. The van der Waals surface area contributed by atoms with Crippen LogP contribution in [0.2, 0.25) is 0 Å². The summed E-state index contributed by atoms with van der Waals surface area (Å²) in [7, 11) is -3.86. The minimum Gasteiger partial charge on any atom is -0.382 e. The molecule has 2 aliphatic rings. The van der Waals surface area contributed by atoms with Gasteiger partial charge in [-0.15, -0.1) is 10.2 Å². The van der Waals surface area contributed by atoms with E-state index in [1.54, 1.807) is 11.0 Å². The number of H-pyrrole nitrogens is 1. The third-order valence-corrected chi connectivity index (χ3v) is 9.81. The second-order valence-corrected chi connectivity index (χ2v) is 13.5. The molecule has 1 aromatic carbocycles. The number of pyridine rings is 1. The molecule has 17 heteroatoms. The van der Waals surface area contributed by atoms with E-state index in [9.17, 15) is 30.8 Å². The second-order valence-electron chi connectivity index (χ2n) is 11.5. The largest absolute Gasteiger partial charge is 0.416 e. The summed E-state index contributed by atoms with van der Waals surface area (Å²) < 4.78 is 80.9. The quantitative estimate of drug-likeness (QED) is 0.263. The molecule has 2 aliphatic heterocycles. The monoisotopic (exact) mass is 655 g/mol. The molecule has 1 amide bonds. The van der Waals surface area contributed by atoms with Gasteiger partial charge in [-0.1, -0.05) is 6.07 Å². The average molecular weight is 656 g/mol. The van der Waals surface area contributed by atoms with E-state index in [0.717, 1.165) is 31.2 Å². The molecule has 6 heterocycles. The molecule has 0 radical (unpaired) electrons. The first-order valence-electron chi connectivity index (χ1n) is 14.2. The van der Waals surface area contributed by atoms with Crippen molar-refractivity contribution in [2.45, 2.75) is 54.8 Å². The Kier molecular flexibility index (Phi) is 6.84. The van der Waals surface area contributed by atoms with Crippen LogP contribution in [0.1, 0.15) is 53.5 Å². The van der Waals surface area contributed by atoms with Crippen LogP contribution in [0.3, 0.4) is 0 Å². The number of hydrogen-bond acceptors (Lipinski definition) is 9. The number of rotatable bonds is 5. The fourth-order valence-corrected chi connectivity index (χ4v) is 7.71. The van der Waals surface area contributed by atoms with Crippen LogP contribution < -0.4 is 5.73 Å². The van der Waals surface area contributed by atoms with Gasteiger partial charge in [-0.2, -0.15) is 22.8 Å². The number of amides is 1. The SMILES string of the molecule is CS(=O)(=O)c1c([C@H]2C[C@H]3CC[C@@H](C2)N3C(=O)c2nnc[nH]2)nc2c(-c3ccc(-c4ccc(C(F)(F)F)cc4F)nc3)cnn2c1N. The molecule has 2 saturated heterocycles. The number of nitrogens with zero attached hydrogens (tertiary/aromatic N) is 7. The highest BCUT2D eigenvalue weighted by atomic mass is 32.2. The number of carbonyl (C=O) groups excluding carboxylic acids is 1. The lowest BCUT2D eigenvalue weighted by atomic mass is 9.87. The maximum atomic E-state index is 14.6. The fourth-order valence-electron chi connectivity index (χ4n) is 6.65. The lowest BCUT2D eigenvalue weighted by molar-refractivity contribution is -0.137. The number of nitrogens with one attached hydrogen (secondary N) is 1. The summed E-state index contributed by atoms with van der Waals surface area (Å²) in [6, 6.07) is 4.94. The first-order valence-corrected chi connectivity index (χ1v) is 16.1. The predicted molar refractivity (Wildman–Crippen MR) is 155 cm³/mol. The molecule has 3 atom stereocenters. The van der Waals surface area contributed by atoms with Crippen molar-refractivity contribution in [1.29, 1.82) is 0 Å². The van der Waals surface area contributed by atoms with Crippen molar-refractivity contribution < 1.29 is 30.8 Å². The summed E-state index contributed by atoms with van der Waals surface area (Å²) in [5, 5.41) is 11.8. The van der Waals surface area contributed by atoms with E-state index in [1.807, 2.05) is 0 Å². The molecule has 3 N–H and O–H groups in total. The van der Waals surface area contributed by atoms with Gasteiger partial charge >= 0.3 is 6.18 Å². The number of sulfone groups is 1. The number of carbonyl (C=O) groups is 1. The smallest absolute Gasteiger partial charge is 0.382 e. The minimum atomic E-state index is -4.68. The van der Waals surface area contributed by atoms with E-state index in [-0.39, 0.29) is 63.0 Å². The topological polar surface area (TPSA) is 165 Å². The number of aromatic amines is 1. The Morgan fingerprint density at radius 1 is 1.07 bits per heavy atom. The zero-order valence-electron chi connectivity index (χ0n) is 24.0. The fraction of sp³-hybridized carbons (Fsp3) is 0.310. The lowest BCUT2D eigenvalue weighted by Crippen LogP contribution is -2.46. The van der Waals surface area contributed by atoms with Crippen molar-refractivity contribution in [1.82, 2.24) is 39.7 Å². The number of fused-ring (bicyclic) bond motifs is 3. The zero-order chi connectivity index (χ0) is 32.5. The molecule has 0 aliphatic carbocycles. The van der Waals surface area contributed by atoms with Gasteiger partial charge in [0.2, 0.25) is 5.82 Å². The molecule has 46 heavy (non-hydrogen) atoms. The summed E-state index contributed by atoms with van der Waals surface area (Å²) in [6.07, 6.45) is 2.95. The Morgan fingerprint density at radius 3 is 2.39 bits per heavy atom. The van der Waals surface area contributed by atoms with E-state index < -0.39 is 27.4 Å². The van der Waals surface area contributed by atoms with E-state index in [0.29, 0.717) is 30.0 Å². The maximum absolute atomic E-state index is 14.6. The second kappa shape index (κ2) is 10.6. The van der Waals surface area contributed by atoms with Crippen molar-refractivity contribution >= 4 is 27.2 Å². The van der Waals surface area contributed by atoms with E-state index in [2.05, 4.69) is 25.3 Å². The predicted octanol–water partition coefficient (Wildman–Crippen LogP) is 4.27. The minimum absolute atomic E-state index is 0.107. The number of benzene rings is 1. The third-order valence-electron chi connectivity index (χ3n) is 8.65. The number of nitrogen functional groups attached to an aromatic ring is 1. The van der Waals surface area contributed by atoms with Crippen LogP contribution in [0.25, 0.3) is 28.0 Å². The van der Waals surface area contributed by atoms with Crippen LogP contribution in [0.5, 0.6) is 0 Å². The number of halogens is 4. The van der Waals surface area contributed by atoms with Crippen LogP contribution in [-0.4, -0.2) is 72.3 Å². The standard InChI is InChI=1S/C29H25F4N9O3S/c1-46(44,45)24-23(15-8-17-4-5-18(9-15)41(17)28(43)26-36-13-37-40-26)39-27-20(12-38-42(27)25(24)34)14-2-7-22(35-11-14)19-6-3-16(10-21(19)30)29(31,32)33/h2-3,6-7,10-13,15,17-18H,4-5,8-9,34H2,1H3,(H,36,37,40)/t15-,17+,18-. The Labute approximate surface area is 258 Å². The summed E-state index contributed by atoms with van der Waals surface area (Å²) in [5.74, 6) is -1.64. The Bertz CT molecular complexity index is 2080. The summed E-state index contributed by atoms with van der Waals surface area (Å²) in [6.45, 7) is 0. The molecule has 12 nitrogen and oxygen atoms in total. The number of piperidine rings is 1. The summed E-state index contributed by atoms with van der Waals surface area (Å²) >= 11 is 0. The first-order chi connectivity index (χ1) is 21.8. The van der Waals surface area contributed by atoms with Crippen molar-refractivity contribution in [3.8, 4) is 22.4 Å². The molecule has 7 rings (SSSR count). The third kappa shape index (κ3) is 4.94. The van der Waals surface area contributed by atoms with Gasteiger partial charge in [0.05, 0.1) is 23.1 Å². The Hall–Kier alpha value is -4.93. The molecule has 2 bridgehead atoms. The molecule has 2 fully saturated rings. The van der Waals surface area contributed by atoms with Gasteiger partial charge in [-0.05, 0) is 49.9 Å². The molecule has 4 aromatic heterocycles. The highest BCUT2D eigenvalue weighted by Crippen LogP contribution is 2.45. The van der Waals surface area contributed by atoms with Crippen LogP contribution in [-0.2, 0) is 16.0 Å². The summed E-state index contributed by atoms with van der Waals surface area (Å²) in [4.78, 5) is 26.7. The molecule has 0 unspecified atom stereocenters. The Balaban J connectivity index is 1.25. The van der Waals surface area contributed by atoms with E-state index in [1.165, 1.54) is 29.3 Å². The van der Waals surface area contributed by atoms with Gasteiger partial charge in [0.25, 0.3) is 5.91 Å². The average Bonchev–Trinajstić information content (AvgIpc) is 3.74. The van der Waals surface area contributed by atoms with Crippen LogP contribution in [0.15, 0.2) is 53.9 Å². The lowest BCUT2D eigenvalue weighted by Gasteiger charge is -2.38. The molecule has 238 valence electrons. The Morgan fingerprint density at radius 2 is 1.80 bits per heavy atom. The van der Waals surface area contributed by atoms with Crippen molar-refractivity contribution in [2.75, 3.05) is 12.0 Å². The van der Waals surface area contributed by atoms with Crippen molar-refractivity contribution in [3.05, 3.63) is 72.0 Å². The molecular weight excluding hydrogens is 630 g/mol. The van der Waals surface area contributed by atoms with Crippen LogP contribution in [0.4, 0.5) is 23.4 Å². The summed E-state index contributed by atoms with van der Waals surface area (Å²) in [5.41, 5.74) is 6.85. The van der Waals surface area contributed by atoms with Gasteiger partial charge in [0.15, 0.2) is 15.5 Å². The molecule has 0 spiro atoms.